The molecule has 7 nitrogen and oxygen atoms in total. The molecule has 30 heavy (non-hydrogen) atoms. The highest BCUT2D eigenvalue weighted by atomic mass is 16.5. The van der Waals surface area contributed by atoms with Crippen LogP contribution in [0.25, 0.3) is 39.7 Å². The van der Waals surface area contributed by atoms with Crippen LogP contribution in [0.3, 0.4) is 0 Å². The predicted molar refractivity (Wildman–Crippen MR) is 113 cm³/mol. The van der Waals surface area contributed by atoms with Gasteiger partial charge >= 0.3 is 11.3 Å². The van der Waals surface area contributed by atoms with Gasteiger partial charge in [-0.1, -0.05) is 36.4 Å². The van der Waals surface area contributed by atoms with Gasteiger partial charge in [-0.05, 0) is 48.4 Å². The molecule has 0 atom stereocenters. The molecule has 3 aromatic heterocycles. The monoisotopic (exact) mass is 397 g/mol. The standard InChI is InChI=1S/C23H15N3O4/c1-14(15-7-3-2-4-8-15)13-19-25-20-16(26(19)18-9-5-6-12-24-18)10-11-17-21(20)30-23(28)22(27)29-17/h2-13H,1H3/b14-13+. The van der Waals surface area contributed by atoms with Gasteiger partial charge in [-0.3, -0.25) is 4.57 Å². The molecule has 3 heterocycles. The molecule has 0 radical (unpaired) electrons. The third-order valence-corrected chi connectivity index (χ3v) is 4.79. The molecule has 0 N–H and O–H groups in total. The fourth-order valence-corrected chi connectivity index (χ4v) is 3.38. The molecular weight excluding hydrogens is 382 g/mol. The van der Waals surface area contributed by atoms with E-state index in [2.05, 4.69) is 4.98 Å². The maximum atomic E-state index is 11.8. The number of pyridine rings is 1. The molecule has 0 fully saturated rings. The number of nitrogens with zero attached hydrogens (tertiary/aromatic N) is 3. The van der Waals surface area contributed by atoms with Gasteiger partial charge < -0.3 is 8.83 Å². The van der Waals surface area contributed by atoms with Crippen LogP contribution in [0.1, 0.15) is 18.3 Å². The molecule has 2 aromatic carbocycles. The van der Waals surface area contributed by atoms with Gasteiger partial charge in [0.1, 0.15) is 17.2 Å². The molecule has 0 amide bonds. The minimum atomic E-state index is -1.07. The average Bonchev–Trinajstić information content (AvgIpc) is 3.14. The zero-order valence-corrected chi connectivity index (χ0v) is 15.9. The van der Waals surface area contributed by atoms with Crippen molar-refractivity contribution in [2.45, 2.75) is 6.92 Å². The summed E-state index contributed by atoms with van der Waals surface area (Å²) in [7, 11) is 0. The lowest BCUT2D eigenvalue weighted by Crippen LogP contribution is -2.20. The summed E-state index contributed by atoms with van der Waals surface area (Å²) in [5.41, 5.74) is 1.30. The molecule has 0 aliphatic rings. The number of allylic oxidation sites excluding steroid dienone is 1. The minimum Gasteiger partial charge on any atom is -0.414 e. The highest BCUT2D eigenvalue weighted by molar-refractivity contribution is 5.99. The van der Waals surface area contributed by atoms with Crippen molar-refractivity contribution in [2.24, 2.45) is 0 Å². The molecule has 0 saturated heterocycles. The number of hydrogen-bond acceptors (Lipinski definition) is 6. The molecule has 5 rings (SSSR count). The van der Waals surface area contributed by atoms with Gasteiger partial charge in [0.25, 0.3) is 0 Å². The number of fused-ring (bicyclic) bond motifs is 3. The first-order valence-electron chi connectivity index (χ1n) is 9.26. The molecule has 146 valence electrons. The van der Waals surface area contributed by atoms with Crippen LogP contribution >= 0.6 is 0 Å². The van der Waals surface area contributed by atoms with Crippen molar-refractivity contribution < 1.29 is 8.83 Å². The third kappa shape index (κ3) is 2.93. The number of benzene rings is 2. The molecule has 0 aliphatic carbocycles. The summed E-state index contributed by atoms with van der Waals surface area (Å²) in [6.07, 6.45) is 3.63. The number of aromatic nitrogens is 3. The normalized spacial score (nSPS) is 12.0. The Morgan fingerprint density at radius 2 is 1.70 bits per heavy atom. The summed E-state index contributed by atoms with van der Waals surface area (Å²) in [6, 6.07) is 18.9. The second kappa shape index (κ2) is 6.97. The van der Waals surface area contributed by atoms with Crippen LogP contribution in [0, 0.1) is 0 Å². The zero-order valence-electron chi connectivity index (χ0n) is 15.9. The van der Waals surface area contributed by atoms with E-state index < -0.39 is 11.3 Å². The SMILES string of the molecule is C/C(=C\c1nc2c3oc(=O)c(=O)oc3ccc2n1-c1ccccn1)c1ccccc1. The first-order chi connectivity index (χ1) is 14.6. The van der Waals surface area contributed by atoms with E-state index >= 15 is 0 Å². The Morgan fingerprint density at radius 1 is 0.933 bits per heavy atom. The number of rotatable bonds is 3. The molecule has 0 unspecified atom stereocenters. The highest BCUT2D eigenvalue weighted by Crippen LogP contribution is 2.28. The van der Waals surface area contributed by atoms with Crippen LogP contribution < -0.4 is 11.3 Å². The maximum Gasteiger partial charge on any atom is 0.423 e. The van der Waals surface area contributed by atoms with E-state index in [4.69, 9.17) is 13.8 Å². The van der Waals surface area contributed by atoms with Gasteiger partial charge in [0.15, 0.2) is 5.58 Å². The second-order valence-corrected chi connectivity index (χ2v) is 6.73. The Morgan fingerprint density at radius 3 is 2.47 bits per heavy atom. The number of imidazole rings is 1. The molecule has 0 spiro atoms. The molecule has 5 aromatic rings. The molecule has 7 heteroatoms. The Kier molecular flexibility index (Phi) is 4.14. The van der Waals surface area contributed by atoms with E-state index in [9.17, 15) is 9.59 Å². The Bertz CT molecular complexity index is 1530. The Balaban J connectivity index is 1.85. The smallest absolute Gasteiger partial charge is 0.414 e. The Hall–Kier alpha value is -4.26. The average molecular weight is 397 g/mol. The molecular formula is C23H15N3O4. The summed E-state index contributed by atoms with van der Waals surface area (Å²) in [4.78, 5) is 32.5. The van der Waals surface area contributed by atoms with Crippen molar-refractivity contribution in [1.29, 1.82) is 0 Å². The zero-order chi connectivity index (χ0) is 20.7. The van der Waals surface area contributed by atoms with E-state index in [-0.39, 0.29) is 11.2 Å². The van der Waals surface area contributed by atoms with Crippen molar-refractivity contribution in [2.75, 3.05) is 0 Å². The summed E-state index contributed by atoms with van der Waals surface area (Å²) >= 11 is 0. The van der Waals surface area contributed by atoms with Crippen molar-refractivity contribution in [1.82, 2.24) is 14.5 Å². The summed E-state index contributed by atoms with van der Waals surface area (Å²) in [6.45, 7) is 1.99. The lowest BCUT2D eigenvalue weighted by atomic mass is 10.1. The van der Waals surface area contributed by atoms with Gasteiger partial charge in [0, 0.05) is 6.20 Å². The van der Waals surface area contributed by atoms with Crippen LogP contribution in [0.4, 0.5) is 0 Å². The first kappa shape index (κ1) is 17.8. The van der Waals surface area contributed by atoms with E-state index in [1.165, 1.54) is 0 Å². The Labute approximate surface area is 169 Å². The predicted octanol–water partition coefficient (Wildman–Crippen LogP) is 4.04. The van der Waals surface area contributed by atoms with Crippen LogP contribution in [0.5, 0.6) is 0 Å². The molecule has 0 aliphatic heterocycles. The molecule has 0 saturated carbocycles. The molecule has 0 bridgehead atoms. The van der Waals surface area contributed by atoms with E-state index in [1.54, 1.807) is 18.3 Å². The minimum absolute atomic E-state index is 0.124. The van der Waals surface area contributed by atoms with Gasteiger partial charge in [-0.25, -0.2) is 19.6 Å². The van der Waals surface area contributed by atoms with Crippen LogP contribution in [0.15, 0.2) is 85.3 Å². The van der Waals surface area contributed by atoms with Crippen molar-refractivity contribution in [3.8, 4) is 5.82 Å². The van der Waals surface area contributed by atoms with E-state index in [1.807, 2.05) is 66.1 Å². The fourth-order valence-electron chi connectivity index (χ4n) is 3.38. The highest BCUT2D eigenvalue weighted by Gasteiger charge is 2.18. The van der Waals surface area contributed by atoms with Crippen molar-refractivity contribution >= 4 is 33.8 Å². The number of hydrogen-bond donors (Lipinski definition) is 0. The third-order valence-electron chi connectivity index (χ3n) is 4.79. The fraction of sp³-hybridized carbons (Fsp3) is 0.0435. The second-order valence-electron chi connectivity index (χ2n) is 6.73. The van der Waals surface area contributed by atoms with Gasteiger partial charge in [-0.15, -0.1) is 0 Å². The van der Waals surface area contributed by atoms with Gasteiger partial charge in [0.05, 0.1) is 5.52 Å². The summed E-state index contributed by atoms with van der Waals surface area (Å²) in [5.74, 6) is 1.26. The van der Waals surface area contributed by atoms with E-state index in [0.29, 0.717) is 22.7 Å². The van der Waals surface area contributed by atoms with E-state index in [0.717, 1.165) is 11.1 Å². The largest absolute Gasteiger partial charge is 0.423 e. The maximum absolute atomic E-state index is 11.8. The first-order valence-corrected chi connectivity index (χ1v) is 9.26. The lowest BCUT2D eigenvalue weighted by Gasteiger charge is -2.07. The van der Waals surface area contributed by atoms with Crippen molar-refractivity contribution in [3.63, 3.8) is 0 Å². The van der Waals surface area contributed by atoms with Crippen LogP contribution in [-0.2, 0) is 0 Å². The summed E-state index contributed by atoms with van der Waals surface area (Å²) in [5, 5.41) is 0. The van der Waals surface area contributed by atoms with Crippen LogP contribution in [-0.4, -0.2) is 14.5 Å². The quantitative estimate of drug-likeness (QED) is 0.427. The van der Waals surface area contributed by atoms with Crippen molar-refractivity contribution in [3.05, 3.63) is 99.1 Å². The van der Waals surface area contributed by atoms with Gasteiger partial charge in [0.2, 0.25) is 5.58 Å². The topological polar surface area (TPSA) is 91.1 Å². The van der Waals surface area contributed by atoms with Gasteiger partial charge in [-0.2, -0.15) is 0 Å². The van der Waals surface area contributed by atoms with Crippen LogP contribution in [0.2, 0.25) is 0 Å². The summed E-state index contributed by atoms with van der Waals surface area (Å²) < 4.78 is 12.2. The lowest BCUT2D eigenvalue weighted by molar-refractivity contribution is 0.450.